The zero-order chi connectivity index (χ0) is 19.7. The van der Waals surface area contributed by atoms with E-state index in [1.54, 1.807) is 0 Å². The fourth-order valence-corrected chi connectivity index (χ4v) is 3.59. The van der Waals surface area contributed by atoms with Gasteiger partial charge in [0.1, 0.15) is 0 Å². The third kappa shape index (κ3) is 3.76. The highest BCUT2D eigenvalue weighted by atomic mass is 19.4. The summed E-state index contributed by atoms with van der Waals surface area (Å²) >= 11 is 0. The number of halogens is 3. The van der Waals surface area contributed by atoms with Gasteiger partial charge in [-0.25, -0.2) is 0 Å². The summed E-state index contributed by atoms with van der Waals surface area (Å²) in [5.41, 5.74) is 7.30. The first kappa shape index (κ1) is 18.6. The Morgan fingerprint density at radius 2 is 1.71 bits per heavy atom. The van der Waals surface area contributed by atoms with Crippen molar-refractivity contribution in [3.63, 3.8) is 0 Å². The van der Waals surface area contributed by atoms with E-state index in [2.05, 4.69) is 32.6 Å². The Kier molecular flexibility index (Phi) is 4.86. The van der Waals surface area contributed by atoms with Crippen LogP contribution in [0.25, 0.3) is 5.69 Å². The fourth-order valence-electron chi connectivity index (χ4n) is 3.59. The van der Waals surface area contributed by atoms with Gasteiger partial charge in [-0.2, -0.15) is 17.9 Å². The Morgan fingerprint density at radius 3 is 2.39 bits per heavy atom. The molecular formula is C19H19F3N6. The number of alkyl halides is 3. The average molecular weight is 388 g/mol. The lowest BCUT2D eigenvalue weighted by molar-refractivity contribution is -0.137. The molecule has 1 fully saturated rings. The molecule has 0 radical (unpaired) electrons. The molecule has 2 heterocycles. The van der Waals surface area contributed by atoms with Gasteiger partial charge in [0.05, 0.1) is 17.8 Å². The van der Waals surface area contributed by atoms with Gasteiger partial charge >= 0.3 is 6.18 Å². The van der Waals surface area contributed by atoms with Crippen LogP contribution >= 0.6 is 0 Å². The van der Waals surface area contributed by atoms with Crippen LogP contribution in [0.5, 0.6) is 0 Å². The SMILES string of the molecule is N[C@@H]1CN(Cc2nnnn2-c2ccc(C(F)(F)F)cc2)C[C@H]1c1ccccc1. The van der Waals surface area contributed by atoms with Crippen molar-refractivity contribution >= 4 is 0 Å². The summed E-state index contributed by atoms with van der Waals surface area (Å²) in [6.07, 6.45) is -4.37. The molecule has 6 nitrogen and oxygen atoms in total. The van der Waals surface area contributed by atoms with E-state index >= 15 is 0 Å². The summed E-state index contributed by atoms with van der Waals surface area (Å²) in [5.74, 6) is 0.775. The van der Waals surface area contributed by atoms with Crippen LogP contribution in [0.4, 0.5) is 13.2 Å². The van der Waals surface area contributed by atoms with Gasteiger partial charge in [0.25, 0.3) is 0 Å². The van der Waals surface area contributed by atoms with E-state index in [0.29, 0.717) is 24.6 Å². The van der Waals surface area contributed by atoms with Crippen molar-refractivity contribution in [2.24, 2.45) is 5.73 Å². The molecule has 0 bridgehead atoms. The van der Waals surface area contributed by atoms with Crippen molar-refractivity contribution in [1.29, 1.82) is 0 Å². The van der Waals surface area contributed by atoms with Gasteiger partial charge in [-0.1, -0.05) is 30.3 Å². The molecule has 28 heavy (non-hydrogen) atoms. The molecule has 1 saturated heterocycles. The first-order valence-corrected chi connectivity index (χ1v) is 8.89. The van der Waals surface area contributed by atoms with E-state index < -0.39 is 11.7 Å². The monoisotopic (exact) mass is 388 g/mol. The minimum Gasteiger partial charge on any atom is -0.326 e. The predicted molar refractivity (Wildman–Crippen MR) is 96.6 cm³/mol. The van der Waals surface area contributed by atoms with Gasteiger partial charge in [0, 0.05) is 25.0 Å². The van der Waals surface area contributed by atoms with E-state index in [4.69, 9.17) is 5.73 Å². The van der Waals surface area contributed by atoms with E-state index in [1.807, 2.05) is 18.2 Å². The van der Waals surface area contributed by atoms with Crippen molar-refractivity contribution in [2.75, 3.05) is 13.1 Å². The van der Waals surface area contributed by atoms with E-state index in [-0.39, 0.29) is 12.0 Å². The number of hydrogen-bond donors (Lipinski definition) is 1. The second-order valence-corrected chi connectivity index (χ2v) is 6.93. The van der Waals surface area contributed by atoms with E-state index in [0.717, 1.165) is 18.7 Å². The predicted octanol–water partition coefficient (Wildman–Crippen LogP) is 2.61. The number of benzene rings is 2. The normalized spacial score (nSPS) is 20.6. The van der Waals surface area contributed by atoms with Crippen molar-refractivity contribution in [2.45, 2.75) is 24.7 Å². The van der Waals surface area contributed by atoms with Crippen LogP contribution < -0.4 is 5.73 Å². The van der Waals surface area contributed by atoms with Crippen LogP contribution in [0.1, 0.15) is 22.9 Å². The number of rotatable bonds is 4. The first-order valence-electron chi connectivity index (χ1n) is 8.89. The van der Waals surface area contributed by atoms with Crippen LogP contribution in [-0.4, -0.2) is 44.2 Å². The minimum absolute atomic E-state index is 0.00204. The van der Waals surface area contributed by atoms with Gasteiger partial charge in [0.15, 0.2) is 5.82 Å². The number of nitrogens with zero attached hydrogens (tertiary/aromatic N) is 5. The Morgan fingerprint density at radius 1 is 1.00 bits per heavy atom. The average Bonchev–Trinajstić information content (AvgIpc) is 3.28. The number of aromatic nitrogens is 4. The summed E-state index contributed by atoms with van der Waals surface area (Å²) in [6.45, 7) is 1.93. The van der Waals surface area contributed by atoms with Gasteiger partial charge in [-0.15, -0.1) is 5.10 Å². The fraction of sp³-hybridized carbons (Fsp3) is 0.316. The van der Waals surface area contributed by atoms with Gasteiger partial charge < -0.3 is 5.73 Å². The summed E-state index contributed by atoms with van der Waals surface area (Å²) < 4.78 is 39.7. The molecule has 0 unspecified atom stereocenters. The molecule has 1 aliphatic rings. The van der Waals surface area contributed by atoms with Crippen LogP contribution in [0.2, 0.25) is 0 Å². The molecule has 1 aromatic heterocycles. The number of nitrogens with two attached hydrogens (primary N) is 1. The summed E-state index contributed by atoms with van der Waals surface area (Å²) in [4.78, 5) is 2.16. The Labute approximate surface area is 159 Å². The van der Waals surface area contributed by atoms with E-state index in [9.17, 15) is 13.2 Å². The van der Waals surface area contributed by atoms with Crippen molar-refractivity contribution in [3.05, 3.63) is 71.5 Å². The first-order chi connectivity index (χ1) is 13.4. The Balaban J connectivity index is 1.50. The minimum atomic E-state index is -4.37. The molecule has 146 valence electrons. The van der Waals surface area contributed by atoms with Crippen molar-refractivity contribution < 1.29 is 13.2 Å². The van der Waals surface area contributed by atoms with Crippen LogP contribution in [0.3, 0.4) is 0 Å². The maximum atomic E-state index is 12.8. The maximum absolute atomic E-state index is 12.8. The van der Waals surface area contributed by atoms with Gasteiger partial charge in [-0.05, 0) is 40.3 Å². The Hall–Kier alpha value is -2.78. The summed E-state index contributed by atoms with van der Waals surface area (Å²) in [5, 5.41) is 11.7. The largest absolute Gasteiger partial charge is 0.416 e. The molecule has 2 aromatic carbocycles. The molecular weight excluding hydrogens is 369 g/mol. The van der Waals surface area contributed by atoms with E-state index in [1.165, 1.54) is 22.4 Å². The lowest BCUT2D eigenvalue weighted by atomic mass is 9.95. The topological polar surface area (TPSA) is 72.9 Å². The smallest absolute Gasteiger partial charge is 0.326 e. The second kappa shape index (κ2) is 7.33. The quantitative estimate of drug-likeness (QED) is 0.744. The molecule has 9 heteroatoms. The maximum Gasteiger partial charge on any atom is 0.416 e. The highest BCUT2D eigenvalue weighted by Crippen LogP contribution is 2.30. The highest BCUT2D eigenvalue weighted by Gasteiger charge is 2.32. The van der Waals surface area contributed by atoms with Crippen LogP contribution in [0, 0.1) is 0 Å². The Bertz CT molecular complexity index is 923. The zero-order valence-electron chi connectivity index (χ0n) is 14.9. The van der Waals surface area contributed by atoms with Crippen molar-refractivity contribution in [3.8, 4) is 5.69 Å². The summed E-state index contributed by atoms with van der Waals surface area (Å²) in [7, 11) is 0. The van der Waals surface area contributed by atoms with Crippen molar-refractivity contribution in [1.82, 2.24) is 25.1 Å². The number of hydrogen-bond acceptors (Lipinski definition) is 5. The lowest BCUT2D eigenvalue weighted by Gasteiger charge is -2.16. The number of tetrazole rings is 1. The third-order valence-electron chi connectivity index (χ3n) is 5.01. The molecule has 0 amide bonds. The third-order valence-corrected chi connectivity index (χ3v) is 5.01. The standard InChI is InChI=1S/C19H19F3N6/c20-19(21,22)14-6-8-15(9-7-14)28-18(24-25-26-28)12-27-10-16(17(23)11-27)13-4-2-1-3-5-13/h1-9,16-17H,10-12,23H2/t16-,17+/m0/s1. The molecule has 1 aliphatic heterocycles. The number of likely N-dealkylation sites (tertiary alicyclic amines) is 1. The molecule has 2 atom stereocenters. The highest BCUT2D eigenvalue weighted by molar-refractivity contribution is 5.35. The molecule has 3 aromatic rings. The molecule has 4 rings (SSSR count). The summed E-state index contributed by atoms with van der Waals surface area (Å²) in [6, 6.07) is 14.9. The second-order valence-electron chi connectivity index (χ2n) is 6.93. The van der Waals surface area contributed by atoms with Gasteiger partial charge in [0.2, 0.25) is 0 Å². The van der Waals surface area contributed by atoms with Crippen LogP contribution in [0.15, 0.2) is 54.6 Å². The van der Waals surface area contributed by atoms with Gasteiger partial charge in [-0.3, -0.25) is 4.90 Å². The van der Waals surface area contributed by atoms with Crippen LogP contribution in [-0.2, 0) is 12.7 Å². The zero-order valence-corrected chi connectivity index (χ0v) is 14.9. The molecule has 0 aliphatic carbocycles. The molecule has 0 spiro atoms. The molecule has 0 saturated carbocycles. The lowest BCUT2D eigenvalue weighted by Crippen LogP contribution is -2.29. The molecule has 2 N–H and O–H groups in total.